The summed E-state index contributed by atoms with van der Waals surface area (Å²) >= 11 is 1.47. The molecule has 0 amide bonds. The van der Waals surface area contributed by atoms with Crippen LogP contribution in [0.15, 0.2) is 18.2 Å². The highest BCUT2D eigenvalue weighted by molar-refractivity contribution is 7.99. The lowest BCUT2D eigenvalue weighted by atomic mass is 10.1. The van der Waals surface area contributed by atoms with E-state index in [2.05, 4.69) is 16.6 Å². The smallest absolute Gasteiger partial charge is 0.315 e. The molecule has 1 aromatic rings. The van der Waals surface area contributed by atoms with Gasteiger partial charge in [0.1, 0.15) is 5.75 Å². The Labute approximate surface area is 117 Å². The molecule has 0 aromatic heterocycles. The molecule has 0 heterocycles. The van der Waals surface area contributed by atoms with Crippen molar-refractivity contribution in [3.63, 3.8) is 0 Å². The molecular weight excluding hydrogens is 262 g/mol. The van der Waals surface area contributed by atoms with Gasteiger partial charge < -0.3 is 15.2 Å². The molecule has 0 saturated carbocycles. The van der Waals surface area contributed by atoms with Gasteiger partial charge in [0.25, 0.3) is 0 Å². The summed E-state index contributed by atoms with van der Waals surface area (Å²) in [5.74, 6) is 7.32. The zero-order valence-corrected chi connectivity index (χ0v) is 11.9. The highest BCUT2D eigenvalue weighted by Gasteiger charge is 2.06. The first-order chi connectivity index (χ1) is 9.21. The zero-order chi connectivity index (χ0) is 14.1. The maximum atomic E-state index is 11.1. The zero-order valence-electron chi connectivity index (χ0n) is 11.1. The summed E-state index contributed by atoms with van der Waals surface area (Å²) in [6.45, 7) is 0.332. The number of benzene rings is 1. The Morgan fingerprint density at radius 3 is 2.84 bits per heavy atom. The second-order valence-corrected chi connectivity index (χ2v) is 4.59. The molecule has 2 N–H and O–H groups in total. The van der Waals surface area contributed by atoms with Crippen LogP contribution in [0.2, 0.25) is 0 Å². The fourth-order valence-electron chi connectivity index (χ4n) is 1.43. The number of carbonyl (C=O) groups is 1. The number of hydrogen-bond acceptors (Lipinski definition) is 5. The molecule has 0 spiro atoms. The number of hydrogen-bond donors (Lipinski definition) is 1. The van der Waals surface area contributed by atoms with Gasteiger partial charge in [-0.05, 0) is 18.2 Å². The van der Waals surface area contributed by atoms with Gasteiger partial charge in [-0.15, -0.1) is 11.8 Å². The summed E-state index contributed by atoms with van der Waals surface area (Å²) < 4.78 is 9.88. The average Bonchev–Trinajstić information content (AvgIpc) is 2.45. The lowest BCUT2D eigenvalue weighted by molar-refractivity contribution is -0.137. The van der Waals surface area contributed by atoms with Crippen LogP contribution in [0, 0.1) is 11.8 Å². The Morgan fingerprint density at radius 1 is 1.42 bits per heavy atom. The molecule has 0 fully saturated rings. The van der Waals surface area contributed by atoms with Gasteiger partial charge in [-0.1, -0.05) is 11.8 Å². The van der Waals surface area contributed by atoms with Crippen LogP contribution in [0.3, 0.4) is 0 Å². The summed E-state index contributed by atoms with van der Waals surface area (Å²) in [7, 11) is 3.00. The minimum atomic E-state index is -0.233. The molecule has 5 heteroatoms. The minimum absolute atomic E-state index is 0.233. The maximum absolute atomic E-state index is 11.1. The first kappa shape index (κ1) is 15.4. The highest BCUT2D eigenvalue weighted by atomic mass is 32.2. The van der Waals surface area contributed by atoms with Crippen molar-refractivity contribution >= 4 is 17.7 Å². The fourth-order valence-corrected chi connectivity index (χ4v) is 2.26. The number of esters is 1. The van der Waals surface area contributed by atoms with Crippen molar-refractivity contribution in [3.8, 4) is 17.6 Å². The van der Waals surface area contributed by atoms with Crippen molar-refractivity contribution in [1.29, 1.82) is 0 Å². The first-order valence-corrected chi connectivity index (χ1v) is 6.87. The average molecular weight is 279 g/mol. The number of carbonyl (C=O) groups excluding carboxylic acids is 1. The summed E-state index contributed by atoms with van der Waals surface area (Å²) in [4.78, 5) is 11.1. The Balaban J connectivity index is 2.75. The van der Waals surface area contributed by atoms with Crippen molar-refractivity contribution in [1.82, 2.24) is 0 Å². The topological polar surface area (TPSA) is 61.5 Å². The molecular formula is C14H17NO3S. The normalized spacial score (nSPS) is 9.42. The Hall–Kier alpha value is -1.64. The van der Waals surface area contributed by atoms with E-state index in [4.69, 9.17) is 10.5 Å². The molecule has 0 bridgehead atoms. The van der Waals surface area contributed by atoms with Gasteiger partial charge >= 0.3 is 5.97 Å². The van der Waals surface area contributed by atoms with Gasteiger partial charge in [0, 0.05) is 16.9 Å². The number of methoxy groups -OCH3 is 2. The Kier molecular flexibility index (Phi) is 6.86. The van der Waals surface area contributed by atoms with Gasteiger partial charge in [-0.3, -0.25) is 4.79 Å². The van der Waals surface area contributed by atoms with E-state index >= 15 is 0 Å². The first-order valence-electron chi connectivity index (χ1n) is 5.71. The van der Waals surface area contributed by atoms with Crippen LogP contribution in [0.5, 0.6) is 5.75 Å². The number of nitrogens with two attached hydrogens (primary N) is 1. The van der Waals surface area contributed by atoms with Crippen molar-refractivity contribution in [2.75, 3.05) is 26.5 Å². The van der Waals surface area contributed by atoms with Crippen molar-refractivity contribution < 1.29 is 14.3 Å². The molecule has 4 nitrogen and oxygen atoms in total. The highest BCUT2D eigenvalue weighted by Crippen LogP contribution is 2.24. The number of rotatable bonds is 5. The number of ether oxygens (including phenoxy) is 2. The lowest BCUT2D eigenvalue weighted by Gasteiger charge is -2.08. The van der Waals surface area contributed by atoms with Crippen LogP contribution < -0.4 is 10.5 Å². The second kappa shape index (κ2) is 8.46. The molecule has 102 valence electrons. The minimum Gasteiger partial charge on any atom is -0.496 e. The van der Waals surface area contributed by atoms with Crippen LogP contribution in [0.4, 0.5) is 0 Å². The predicted molar refractivity (Wildman–Crippen MR) is 77.1 cm³/mol. The van der Waals surface area contributed by atoms with Crippen molar-refractivity contribution in [3.05, 3.63) is 29.3 Å². The van der Waals surface area contributed by atoms with Crippen molar-refractivity contribution in [2.24, 2.45) is 5.73 Å². The monoisotopic (exact) mass is 279 g/mol. The van der Waals surface area contributed by atoms with Gasteiger partial charge in [0.15, 0.2) is 0 Å². The van der Waals surface area contributed by atoms with Crippen molar-refractivity contribution in [2.45, 2.75) is 5.75 Å². The third kappa shape index (κ3) is 5.25. The van der Waals surface area contributed by atoms with Gasteiger partial charge in [-0.2, -0.15) is 0 Å². The van der Waals surface area contributed by atoms with Crippen LogP contribution in [-0.2, 0) is 15.3 Å². The molecule has 0 atom stereocenters. The van der Waals surface area contributed by atoms with E-state index in [9.17, 15) is 4.79 Å². The van der Waals surface area contributed by atoms with E-state index in [0.717, 1.165) is 16.9 Å². The summed E-state index contributed by atoms with van der Waals surface area (Å²) in [5, 5.41) is 0. The van der Waals surface area contributed by atoms with Crippen LogP contribution >= 0.6 is 11.8 Å². The molecule has 0 saturated heterocycles. The molecule has 0 radical (unpaired) electrons. The largest absolute Gasteiger partial charge is 0.496 e. The molecule has 0 aliphatic carbocycles. The molecule has 0 aliphatic rings. The second-order valence-electron chi connectivity index (χ2n) is 3.60. The van der Waals surface area contributed by atoms with E-state index in [1.807, 2.05) is 18.2 Å². The summed E-state index contributed by atoms with van der Waals surface area (Å²) in [5.41, 5.74) is 7.23. The summed E-state index contributed by atoms with van der Waals surface area (Å²) in [6, 6.07) is 5.70. The molecule has 19 heavy (non-hydrogen) atoms. The standard InChI is InChI=1S/C14H17NO3S/c1-17-13-6-5-11(4-3-7-15)8-12(13)9-19-10-14(16)18-2/h5-6,8H,7,9-10,15H2,1-2H3. The van der Waals surface area contributed by atoms with Crippen LogP contribution in [0.1, 0.15) is 11.1 Å². The maximum Gasteiger partial charge on any atom is 0.315 e. The Bertz CT molecular complexity index is 491. The third-order valence-electron chi connectivity index (χ3n) is 2.32. The molecule has 0 unspecified atom stereocenters. The Morgan fingerprint density at radius 2 is 2.21 bits per heavy atom. The molecule has 0 aliphatic heterocycles. The van der Waals surface area contributed by atoms with E-state index < -0.39 is 0 Å². The molecule has 1 rings (SSSR count). The predicted octanol–water partition coefficient (Wildman–Crippen LogP) is 1.41. The molecule has 1 aromatic carbocycles. The SMILES string of the molecule is COC(=O)CSCc1cc(C#CCN)ccc1OC. The van der Waals surface area contributed by atoms with Gasteiger partial charge in [0.05, 0.1) is 26.5 Å². The quantitative estimate of drug-likeness (QED) is 0.652. The van der Waals surface area contributed by atoms with E-state index in [-0.39, 0.29) is 5.97 Å². The van der Waals surface area contributed by atoms with E-state index in [1.54, 1.807) is 7.11 Å². The van der Waals surface area contributed by atoms with E-state index in [1.165, 1.54) is 18.9 Å². The fraction of sp³-hybridized carbons (Fsp3) is 0.357. The third-order valence-corrected chi connectivity index (χ3v) is 3.28. The van der Waals surface area contributed by atoms with Crippen LogP contribution in [-0.4, -0.2) is 32.5 Å². The van der Waals surface area contributed by atoms with Gasteiger partial charge in [-0.25, -0.2) is 0 Å². The number of thioether (sulfide) groups is 1. The van der Waals surface area contributed by atoms with Crippen LogP contribution in [0.25, 0.3) is 0 Å². The lowest BCUT2D eigenvalue weighted by Crippen LogP contribution is -2.03. The summed E-state index contributed by atoms with van der Waals surface area (Å²) in [6.07, 6.45) is 0. The van der Waals surface area contributed by atoms with Gasteiger partial charge in [0.2, 0.25) is 0 Å². The van der Waals surface area contributed by atoms with E-state index in [0.29, 0.717) is 18.1 Å².